The summed E-state index contributed by atoms with van der Waals surface area (Å²) in [6.07, 6.45) is 1.52. The van der Waals surface area contributed by atoms with Gasteiger partial charge in [-0.3, -0.25) is 4.79 Å². The molecule has 2 heterocycles. The third kappa shape index (κ3) is 3.37. The van der Waals surface area contributed by atoms with Gasteiger partial charge in [-0.2, -0.15) is 5.21 Å². The third-order valence-electron chi connectivity index (χ3n) is 2.43. The van der Waals surface area contributed by atoms with E-state index < -0.39 is 0 Å². The molecular weight excluding hydrogens is 258 g/mol. The predicted octanol–water partition coefficient (Wildman–Crippen LogP) is -0.604. The monoisotopic (exact) mass is 271 g/mol. The Bertz CT molecular complexity index is 624. The summed E-state index contributed by atoms with van der Waals surface area (Å²) in [7, 11) is 0. The normalized spacial score (nSPS) is 11.3. The number of pyridine rings is 1. The van der Waals surface area contributed by atoms with Crippen molar-refractivity contribution in [1.29, 1.82) is 0 Å². The zero-order chi connectivity index (χ0) is 14.4. The Morgan fingerprint density at radius 3 is 3.00 bits per heavy atom. The first-order chi connectivity index (χ1) is 9.70. The van der Waals surface area contributed by atoms with Crippen molar-refractivity contribution in [1.82, 2.24) is 30.9 Å². The van der Waals surface area contributed by atoms with Gasteiger partial charge in [-0.25, -0.2) is 4.98 Å². The fourth-order valence-electron chi connectivity index (χ4n) is 1.44. The van der Waals surface area contributed by atoms with Crippen LogP contribution in [0.2, 0.25) is 0 Å². The van der Waals surface area contributed by atoms with Crippen LogP contribution in [0, 0.1) is 11.8 Å². The number of nitrogens with one attached hydrogen (secondary N) is 2. The molecule has 1 amide bonds. The van der Waals surface area contributed by atoms with E-state index in [2.05, 4.69) is 42.8 Å². The van der Waals surface area contributed by atoms with Crippen LogP contribution in [0.3, 0.4) is 0 Å². The van der Waals surface area contributed by atoms with Gasteiger partial charge < -0.3 is 11.1 Å². The van der Waals surface area contributed by atoms with Gasteiger partial charge in [0, 0.05) is 11.8 Å². The van der Waals surface area contributed by atoms with Crippen LogP contribution in [-0.4, -0.2) is 38.1 Å². The number of nitrogens with two attached hydrogens (primary N) is 1. The second kappa shape index (κ2) is 6.40. The minimum absolute atomic E-state index is 0.282. The second-order valence-corrected chi connectivity index (χ2v) is 3.90. The van der Waals surface area contributed by atoms with Crippen molar-refractivity contribution in [3.05, 3.63) is 35.4 Å². The van der Waals surface area contributed by atoms with Crippen LogP contribution in [0.5, 0.6) is 0 Å². The number of hydrogen-bond donors (Lipinski definition) is 3. The Labute approximate surface area is 115 Å². The number of rotatable bonds is 3. The lowest BCUT2D eigenvalue weighted by molar-refractivity contribution is 0.0933. The van der Waals surface area contributed by atoms with Crippen LogP contribution < -0.4 is 11.1 Å². The maximum atomic E-state index is 12.0. The van der Waals surface area contributed by atoms with E-state index >= 15 is 0 Å². The molecule has 0 aliphatic carbocycles. The molecule has 2 aromatic rings. The van der Waals surface area contributed by atoms with Crippen LogP contribution in [0.25, 0.3) is 0 Å². The zero-order valence-corrected chi connectivity index (χ0v) is 10.8. The molecule has 4 N–H and O–H groups in total. The van der Waals surface area contributed by atoms with Gasteiger partial charge in [-0.15, -0.1) is 10.2 Å². The van der Waals surface area contributed by atoms with E-state index in [0.29, 0.717) is 17.1 Å². The number of H-pyrrole nitrogens is 1. The molecule has 8 nitrogen and oxygen atoms in total. The highest BCUT2D eigenvalue weighted by atomic mass is 16.1. The SMILES string of the molecule is CC(NC(=O)c1ccc(C#CCN)cn1)c1nn[nH]n1. The molecule has 0 bridgehead atoms. The molecule has 0 aliphatic rings. The van der Waals surface area contributed by atoms with Gasteiger partial charge in [-0.1, -0.05) is 17.1 Å². The van der Waals surface area contributed by atoms with E-state index in [9.17, 15) is 4.79 Å². The molecule has 0 aromatic carbocycles. The van der Waals surface area contributed by atoms with Gasteiger partial charge in [0.05, 0.1) is 12.6 Å². The lowest BCUT2D eigenvalue weighted by Gasteiger charge is -2.09. The van der Waals surface area contributed by atoms with Crippen LogP contribution in [0.4, 0.5) is 0 Å². The molecule has 0 fully saturated rings. The standard InChI is InChI=1S/C12H13N7O/c1-8(11-16-18-19-17-11)15-12(20)10-5-4-9(7-14-10)3-2-6-13/h4-5,7-8H,6,13H2,1H3,(H,15,20)(H,16,17,18,19). The van der Waals surface area contributed by atoms with Gasteiger partial charge >= 0.3 is 0 Å². The summed E-state index contributed by atoms with van der Waals surface area (Å²) in [6.45, 7) is 2.04. The second-order valence-electron chi connectivity index (χ2n) is 3.90. The highest BCUT2D eigenvalue weighted by molar-refractivity contribution is 5.92. The van der Waals surface area contributed by atoms with E-state index in [-0.39, 0.29) is 18.5 Å². The lowest BCUT2D eigenvalue weighted by atomic mass is 10.2. The summed E-state index contributed by atoms with van der Waals surface area (Å²) >= 11 is 0. The summed E-state index contributed by atoms with van der Waals surface area (Å²) < 4.78 is 0. The molecule has 8 heteroatoms. The molecule has 2 aromatic heterocycles. The lowest BCUT2D eigenvalue weighted by Crippen LogP contribution is -2.28. The van der Waals surface area contributed by atoms with Crippen LogP contribution in [0.1, 0.15) is 34.8 Å². The van der Waals surface area contributed by atoms with E-state index in [0.717, 1.165) is 0 Å². The highest BCUT2D eigenvalue weighted by Crippen LogP contribution is 2.05. The first-order valence-corrected chi connectivity index (χ1v) is 5.90. The van der Waals surface area contributed by atoms with Crippen molar-refractivity contribution in [3.63, 3.8) is 0 Å². The largest absolute Gasteiger partial charge is 0.341 e. The molecular formula is C12H13N7O. The van der Waals surface area contributed by atoms with Crippen molar-refractivity contribution in [2.45, 2.75) is 13.0 Å². The molecule has 102 valence electrons. The quantitative estimate of drug-likeness (QED) is 0.640. The minimum atomic E-state index is -0.361. The van der Waals surface area contributed by atoms with Crippen LogP contribution in [-0.2, 0) is 0 Å². The van der Waals surface area contributed by atoms with E-state index in [1.165, 1.54) is 6.20 Å². The maximum Gasteiger partial charge on any atom is 0.270 e. The summed E-state index contributed by atoms with van der Waals surface area (Å²) in [5, 5.41) is 16.1. The Balaban J connectivity index is 2.02. The fourth-order valence-corrected chi connectivity index (χ4v) is 1.44. The van der Waals surface area contributed by atoms with E-state index in [1.807, 2.05) is 0 Å². The average molecular weight is 271 g/mol. The van der Waals surface area contributed by atoms with Gasteiger partial charge in [0.15, 0.2) is 5.82 Å². The van der Waals surface area contributed by atoms with Gasteiger partial charge in [0.1, 0.15) is 5.69 Å². The highest BCUT2D eigenvalue weighted by Gasteiger charge is 2.15. The smallest absolute Gasteiger partial charge is 0.270 e. The average Bonchev–Trinajstić information content (AvgIpc) is 3.00. The van der Waals surface area contributed by atoms with Crippen molar-refractivity contribution in [2.75, 3.05) is 6.54 Å². The van der Waals surface area contributed by atoms with Crippen LogP contribution in [0.15, 0.2) is 18.3 Å². The molecule has 2 rings (SSSR count). The predicted molar refractivity (Wildman–Crippen MR) is 70.2 cm³/mol. The van der Waals surface area contributed by atoms with Gasteiger partial charge in [-0.05, 0) is 19.1 Å². The molecule has 0 saturated heterocycles. The van der Waals surface area contributed by atoms with Gasteiger partial charge in [0.2, 0.25) is 0 Å². The summed E-state index contributed by atoms with van der Waals surface area (Å²) in [4.78, 5) is 16.0. The molecule has 0 spiro atoms. The number of nitrogens with zero attached hydrogens (tertiary/aromatic N) is 4. The third-order valence-corrected chi connectivity index (χ3v) is 2.43. The number of hydrogen-bond acceptors (Lipinski definition) is 6. The first-order valence-electron chi connectivity index (χ1n) is 5.90. The van der Waals surface area contributed by atoms with Crippen molar-refractivity contribution < 1.29 is 4.79 Å². The number of aromatic nitrogens is 5. The van der Waals surface area contributed by atoms with Crippen LogP contribution >= 0.6 is 0 Å². The maximum absolute atomic E-state index is 12.0. The Kier molecular flexibility index (Phi) is 4.36. The number of carbonyl (C=O) groups is 1. The molecule has 1 atom stereocenters. The summed E-state index contributed by atoms with van der Waals surface area (Å²) in [6, 6.07) is 2.95. The molecule has 1 unspecified atom stereocenters. The fraction of sp³-hybridized carbons (Fsp3) is 0.250. The number of amides is 1. The molecule has 0 radical (unpaired) electrons. The van der Waals surface area contributed by atoms with E-state index in [4.69, 9.17) is 5.73 Å². The number of tetrazole rings is 1. The van der Waals surface area contributed by atoms with Crippen molar-refractivity contribution in [2.24, 2.45) is 5.73 Å². The Hall–Kier alpha value is -2.79. The van der Waals surface area contributed by atoms with Crippen molar-refractivity contribution in [3.8, 4) is 11.8 Å². The van der Waals surface area contributed by atoms with E-state index in [1.54, 1.807) is 19.1 Å². The number of carbonyl (C=O) groups excluding carboxylic acids is 1. The Morgan fingerprint density at radius 1 is 1.55 bits per heavy atom. The molecule has 20 heavy (non-hydrogen) atoms. The minimum Gasteiger partial charge on any atom is -0.341 e. The Morgan fingerprint density at radius 2 is 2.40 bits per heavy atom. The van der Waals surface area contributed by atoms with Crippen molar-refractivity contribution >= 4 is 5.91 Å². The topological polar surface area (TPSA) is 122 Å². The number of aromatic amines is 1. The summed E-state index contributed by atoms with van der Waals surface area (Å²) in [5.41, 5.74) is 6.28. The first kappa shape index (κ1) is 13.6. The molecule has 0 saturated carbocycles. The summed E-state index contributed by atoms with van der Waals surface area (Å²) in [5.74, 6) is 5.63. The zero-order valence-electron chi connectivity index (χ0n) is 10.8. The van der Waals surface area contributed by atoms with Gasteiger partial charge in [0.25, 0.3) is 5.91 Å². The molecule has 0 aliphatic heterocycles.